The Morgan fingerprint density at radius 3 is 2.40 bits per heavy atom. The normalized spacial score (nSPS) is 10.8. The molecule has 0 aromatic heterocycles. The molecule has 4 heteroatoms. The Morgan fingerprint density at radius 2 is 2.00 bits per heavy atom. The van der Waals surface area contributed by atoms with E-state index in [-0.39, 0.29) is 0 Å². The largest absolute Gasteiger partial charge is 0.302 e. The Kier molecular flexibility index (Phi) is 6.84. The van der Waals surface area contributed by atoms with Gasteiger partial charge in [0.15, 0.2) is 0 Å². The number of likely N-dealkylation sites (N-methyl/N-ethyl adjacent to an activating group) is 1. The molecule has 0 amide bonds. The van der Waals surface area contributed by atoms with E-state index in [9.17, 15) is 0 Å². The molecule has 0 radical (unpaired) electrons. The van der Waals surface area contributed by atoms with Gasteiger partial charge in [0.1, 0.15) is 0 Å². The third-order valence-corrected chi connectivity index (χ3v) is 1.49. The van der Waals surface area contributed by atoms with Crippen LogP contribution in [0, 0.1) is 0 Å². The van der Waals surface area contributed by atoms with Crippen molar-refractivity contribution in [2.24, 2.45) is 5.84 Å². The van der Waals surface area contributed by atoms with E-state index in [1.807, 2.05) is 0 Å². The summed E-state index contributed by atoms with van der Waals surface area (Å²) in [6, 6.07) is 0. The highest BCUT2D eigenvalue weighted by Gasteiger charge is 1.96. The molecular formula is C6H17N3O. The van der Waals surface area contributed by atoms with E-state index in [0.29, 0.717) is 6.61 Å². The van der Waals surface area contributed by atoms with Gasteiger partial charge in [-0.25, -0.2) is 5.84 Å². The van der Waals surface area contributed by atoms with Crippen LogP contribution in [0.1, 0.15) is 13.8 Å². The first-order valence-electron chi connectivity index (χ1n) is 3.64. The molecule has 0 unspecified atom stereocenters. The van der Waals surface area contributed by atoms with Crippen LogP contribution < -0.4 is 11.4 Å². The number of hydrogen-bond acceptors (Lipinski definition) is 4. The van der Waals surface area contributed by atoms with Gasteiger partial charge in [-0.05, 0) is 13.1 Å². The maximum atomic E-state index is 4.91. The summed E-state index contributed by atoms with van der Waals surface area (Å²) in [4.78, 5) is 7.02. The molecule has 0 aliphatic carbocycles. The molecule has 0 aliphatic heterocycles. The summed E-state index contributed by atoms with van der Waals surface area (Å²) >= 11 is 0. The Hall–Kier alpha value is -0.160. The SMILES string of the molecule is CCN(CC)CCONN. The second kappa shape index (κ2) is 6.95. The van der Waals surface area contributed by atoms with E-state index in [1.165, 1.54) is 0 Å². The minimum Gasteiger partial charge on any atom is -0.302 e. The van der Waals surface area contributed by atoms with Crippen LogP contribution in [0.3, 0.4) is 0 Å². The summed E-state index contributed by atoms with van der Waals surface area (Å²) in [5.41, 5.74) is 2.14. The van der Waals surface area contributed by atoms with Crippen LogP contribution in [0.5, 0.6) is 0 Å². The predicted octanol–water partition coefficient (Wildman–Crippen LogP) is -0.277. The van der Waals surface area contributed by atoms with Crippen molar-refractivity contribution in [1.29, 1.82) is 0 Å². The molecule has 0 aromatic carbocycles. The molecule has 0 rings (SSSR count). The summed E-state index contributed by atoms with van der Waals surface area (Å²) in [7, 11) is 0. The van der Waals surface area contributed by atoms with E-state index in [0.717, 1.165) is 19.6 Å². The number of nitrogens with zero attached hydrogens (tertiary/aromatic N) is 1. The number of nitrogens with one attached hydrogen (secondary N) is 1. The maximum absolute atomic E-state index is 4.91. The van der Waals surface area contributed by atoms with Gasteiger partial charge in [0.25, 0.3) is 0 Å². The first-order chi connectivity index (χ1) is 4.85. The van der Waals surface area contributed by atoms with Gasteiger partial charge in [-0.3, -0.25) is 4.84 Å². The zero-order chi connectivity index (χ0) is 7.82. The highest BCUT2D eigenvalue weighted by molar-refractivity contribution is 4.48. The van der Waals surface area contributed by atoms with Crippen molar-refractivity contribution < 1.29 is 4.84 Å². The maximum Gasteiger partial charge on any atom is 0.0825 e. The van der Waals surface area contributed by atoms with E-state index >= 15 is 0 Å². The second-order valence-corrected chi connectivity index (χ2v) is 1.99. The number of hydrogen-bond donors (Lipinski definition) is 2. The molecule has 0 aromatic rings. The predicted molar refractivity (Wildman–Crippen MR) is 41.1 cm³/mol. The fraction of sp³-hybridized carbons (Fsp3) is 1.00. The molecule has 0 fully saturated rings. The van der Waals surface area contributed by atoms with Crippen LogP contribution in [-0.4, -0.2) is 31.1 Å². The lowest BCUT2D eigenvalue weighted by Crippen LogP contribution is -2.31. The number of hydrazine groups is 1. The molecule has 0 saturated heterocycles. The zero-order valence-electron chi connectivity index (χ0n) is 6.76. The van der Waals surface area contributed by atoms with Crippen LogP contribution in [0.2, 0.25) is 0 Å². The first-order valence-corrected chi connectivity index (χ1v) is 3.64. The van der Waals surface area contributed by atoms with Gasteiger partial charge in [0.2, 0.25) is 0 Å². The summed E-state index contributed by atoms with van der Waals surface area (Å²) < 4.78 is 0. The molecule has 0 saturated carbocycles. The lowest BCUT2D eigenvalue weighted by atomic mass is 10.5. The van der Waals surface area contributed by atoms with Gasteiger partial charge in [0, 0.05) is 6.54 Å². The first kappa shape index (κ1) is 9.84. The van der Waals surface area contributed by atoms with Gasteiger partial charge in [-0.2, -0.15) is 0 Å². The van der Waals surface area contributed by atoms with Gasteiger partial charge >= 0.3 is 0 Å². The molecule has 0 spiro atoms. The quantitative estimate of drug-likeness (QED) is 0.308. The minimum absolute atomic E-state index is 0.637. The van der Waals surface area contributed by atoms with E-state index in [4.69, 9.17) is 10.7 Å². The molecule has 10 heavy (non-hydrogen) atoms. The molecule has 62 valence electrons. The smallest absolute Gasteiger partial charge is 0.0825 e. The molecular weight excluding hydrogens is 130 g/mol. The van der Waals surface area contributed by atoms with Gasteiger partial charge < -0.3 is 4.90 Å². The monoisotopic (exact) mass is 147 g/mol. The topological polar surface area (TPSA) is 50.5 Å². The highest BCUT2D eigenvalue weighted by atomic mass is 16.7. The lowest BCUT2D eigenvalue weighted by molar-refractivity contribution is 0.0274. The second-order valence-electron chi connectivity index (χ2n) is 1.99. The molecule has 3 N–H and O–H groups in total. The summed E-state index contributed by atoms with van der Waals surface area (Å²) in [6.07, 6.45) is 0. The molecule has 0 bridgehead atoms. The zero-order valence-corrected chi connectivity index (χ0v) is 6.76. The third kappa shape index (κ3) is 4.69. The van der Waals surface area contributed by atoms with Gasteiger partial charge in [-0.15, -0.1) is 5.59 Å². The van der Waals surface area contributed by atoms with Crippen molar-refractivity contribution in [1.82, 2.24) is 10.5 Å². The number of nitrogens with two attached hydrogens (primary N) is 1. The fourth-order valence-corrected chi connectivity index (χ4v) is 0.774. The Balaban J connectivity index is 3.09. The van der Waals surface area contributed by atoms with Crippen LogP contribution in [-0.2, 0) is 4.84 Å². The van der Waals surface area contributed by atoms with Gasteiger partial charge in [-0.1, -0.05) is 13.8 Å². The number of rotatable bonds is 6. The van der Waals surface area contributed by atoms with Gasteiger partial charge in [0.05, 0.1) is 6.61 Å². The minimum atomic E-state index is 0.637. The van der Waals surface area contributed by atoms with Crippen LogP contribution in [0.25, 0.3) is 0 Å². The Morgan fingerprint density at radius 1 is 1.40 bits per heavy atom. The van der Waals surface area contributed by atoms with Crippen molar-refractivity contribution in [3.05, 3.63) is 0 Å². The third-order valence-electron chi connectivity index (χ3n) is 1.49. The Labute approximate surface area is 62.3 Å². The van der Waals surface area contributed by atoms with E-state index in [2.05, 4.69) is 24.3 Å². The highest BCUT2D eigenvalue weighted by Crippen LogP contribution is 1.84. The van der Waals surface area contributed by atoms with Crippen molar-refractivity contribution in [2.45, 2.75) is 13.8 Å². The van der Waals surface area contributed by atoms with Crippen molar-refractivity contribution in [2.75, 3.05) is 26.2 Å². The van der Waals surface area contributed by atoms with E-state index in [1.54, 1.807) is 0 Å². The fourth-order valence-electron chi connectivity index (χ4n) is 0.774. The standard InChI is InChI=1S/C6H17N3O/c1-3-9(4-2)5-6-10-8-7/h8H,3-7H2,1-2H3. The summed E-state index contributed by atoms with van der Waals surface area (Å²) in [5, 5.41) is 0. The van der Waals surface area contributed by atoms with Crippen LogP contribution in [0.4, 0.5) is 0 Å². The lowest BCUT2D eigenvalue weighted by Gasteiger charge is -2.16. The molecule has 4 nitrogen and oxygen atoms in total. The van der Waals surface area contributed by atoms with Crippen LogP contribution in [0.15, 0.2) is 0 Å². The van der Waals surface area contributed by atoms with Crippen molar-refractivity contribution in [3.63, 3.8) is 0 Å². The summed E-state index contributed by atoms with van der Waals surface area (Å²) in [5.74, 6) is 4.91. The van der Waals surface area contributed by atoms with Crippen LogP contribution >= 0.6 is 0 Å². The van der Waals surface area contributed by atoms with Crippen molar-refractivity contribution >= 4 is 0 Å². The average molecular weight is 147 g/mol. The summed E-state index contributed by atoms with van der Waals surface area (Å²) in [6.45, 7) is 7.93. The Bertz CT molecular complexity index is 66.0. The van der Waals surface area contributed by atoms with E-state index < -0.39 is 0 Å². The average Bonchev–Trinajstić information content (AvgIpc) is 1.99. The molecule has 0 aliphatic rings. The molecule has 0 heterocycles. The van der Waals surface area contributed by atoms with Crippen molar-refractivity contribution in [3.8, 4) is 0 Å². The molecule has 0 atom stereocenters.